The van der Waals surface area contributed by atoms with Crippen LogP contribution in [0.25, 0.3) is 10.9 Å². The Kier molecular flexibility index (Phi) is 8.13. The molecule has 0 spiro atoms. The summed E-state index contributed by atoms with van der Waals surface area (Å²) in [4.78, 5) is 11.6. The average Bonchev–Trinajstić information content (AvgIpc) is 2.87. The van der Waals surface area contributed by atoms with Crippen LogP contribution in [0.4, 0.5) is 11.8 Å². The summed E-state index contributed by atoms with van der Waals surface area (Å²) in [5.41, 5.74) is 1.89. The molecule has 8 heteroatoms. The Hall–Kier alpha value is -3.26. The Labute approximate surface area is 207 Å². The third kappa shape index (κ3) is 5.88. The van der Waals surface area contributed by atoms with Gasteiger partial charge in [0.15, 0.2) is 11.5 Å². The Morgan fingerprint density at radius 2 is 1.77 bits per heavy atom. The van der Waals surface area contributed by atoms with Crippen LogP contribution in [0.2, 0.25) is 0 Å². The van der Waals surface area contributed by atoms with Crippen LogP contribution in [0.15, 0.2) is 36.4 Å². The number of phenolic OH excluding ortho intramolecular Hbond substituents is 1. The number of nitrogens with one attached hydrogen (secondary N) is 2. The first-order valence-corrected chi connectivity index (χ1v) is 12.3. The fourth-order valence-corrected chi connectivity index (χ4v) is 4.90. The Bertz CT molecular complexity index is 1130. The number of aromatic hydroxyl groups is 1. The first-order valence-electron chi connectivity index (χ1n) is 12.3. The van der Waals surface area contributed by atoms with Gasteiger partial charge in [0.2, 0.25) is 11.7 Å². The lowest BCUT2D eigenvalue weighted by Crippen LogP contribution is -2.28. The molecule has 0 radical (unpaired) electrons. The second-order valence-corrected chi connectivity index (χ2v) is 9.42. The standard InChI is InChI=1S/C27H37N5O3/c1-32(2)26-21-7-5-6-8-22(21)30-27(31-26)29-20-12-9-18(10-13-20)15-16-28-17-19-11-14-23(34-3)24(33)25(19)35-4/h5-8,11,14,18,20,28,33H,9-10,12-13,15-17H2,1-4H3,(H,29,30,31). The van der Waals surface area contributed by atoms with E-state index in [4.69, 9.17) is 19.4 Å². The van der Waals surface area contributed by atoms with E-state index in [2.05, 4.69) is 16.7 Å². The first-order chi connectivity index (χ1) is 17.0. The molecule has 1 saturated carbocycles. The number of hydrogen-bond donors (Lipinski definition) is 3. The number of hydrogen-bond acceptors (Lipinski definition) is 8. The van der Waals surface area contributed by atoms with Crippen LogP contribution in [0.5, 0.6) is 17.2 Å². The quantitative estimate of drug-likeness (QED) is 0.364. The highest BCUT2D eigenvalue weighted by molar-refractivity contribution is 5.90. The molecule has 1 aromatic heterocycles. The van der Waals surface area contributed by atoms with Crippen LogP contribution in [-0.2, 0) is 6.54 Å². The van der Waals surface area contributed by atoms with Gasteiger partial charge in [-0.15, -0.1) is 0 Å². The maximum Gasteiger partial charge on any atom is 0.225 e. The van der Waals surface area contributed by atoms with Crippen molar-refractivity contribution in [1.82, 2.24) is 15.3 Å². The summed E-state index contributed by atoms with van der Waals surface area (Å²) in [5, 5.41) is 18.4. The molecule has 8 nitrogen and oxygen atoms in total. The summed E-state index contributed by atoms with van der Waals surface area (Å²) in [6, 6.07) is 12.3. The van der Waals surface area contributed by atoms with Crippen molar-refractivity contribution in [2.24, 2.45) is 5.92 Å². The predicted molar refractivity (Wildman–Crippen MR) is 141 cm³/mol. The molecule has 4 rings (SSSR count). The minimum Gasteiger partial charge on any atom is -0.502 e. The number of methoxy groups -OCH3 is 2. The van der Waals surface area contributed by atoms with E-state index in [0.29, 0.717) is 36.0 Å². The topological polar surface area (TPSA) is 91.8 Å². The number of aromatic nitrogens is 2. The van der Waals surface area contributed by atoms with Crippen LogP contribution in [0.3, 0.4) is 0 Å². The van der Waals surface area contributed by atoms with Gasteiger partial charge >= 0.3 is 0 Å². The third-order valence-corrected chi connectivity index (χ3v) is 6.83. The van der Waals surface area contributed by atoms with Gasteiger partial charge in [-0.3, -0.25) is 0 Å². The summed E-state index contributed by atoms with van der Waals surface area (Å²) in [6.07, 6.45) is 5.77. The number of ether oxygens (including phenoxy) is 2. The van der Waals surface area contributed by atoms with Gasteiger partial charge in [0, 0.05) is 37.6 Å². The molecule has 1 fully saturated rings. The van der Waals surface area contributed by atoms with Crippen molar-refractivity contribution < 1.29 is 14.6 Å². The maximum absolute atomic E-state index is 10.3. The van der Waals surface area contributed by atoms with Crippen molar-refractivity contribution in [3.05, 3.63) is 42.0 Å². The number of rotatable bonds is 10. The smallest absolute Gasteiger partial charge is 0.225 e. The lowest BCUT2D eigenvalue weighted by Gasteiger charge is -2.29. The van der Waals surface area contributed by atoms with E-state index in [1.54, 1.807) is 13.2 Å². The summed E-state index contributed by atoms with van der Waals surface area (Å²) in [6.45, 7) is 1.57. The normalized spacial score (nSPS) is 17.8. The van der Waals surface area contributed by atoms with Crippen molar-refractivity contribution >= 4 is 22.7 Å². The van der Waals surface area contributed by atoms with Gasteiger partial charge in [-0.05, 0) is 62.8 Å². The highest BCUT2D eigenvalue weighted by atomic mass is 16.5. The Morgan fingerprint density at radius 3 is 2.49 bits per heavy atom. The van der Waals surface area contributed by atoms with Gasteiger partial charge in [0.05, 0.1) is 19.7 Å². The number of phenols is 1. The molecule has 3 aromatic rings. The first kappa shape index (κ1) is 24.9. The molecule has 2 aromatic carbocycles. The fraction of sp³-hybridized carbons (Fsp3) is 0.481. The molecule has 0 bridgehead atoms. The minimum atomic E-state index is 0.0493. The monoisotopic (exact) mass is 479 g/mol. The van der Waals surface area contributed by atoms with Gasteiger partial charge < -0.3 is 30.1 Å². The highest BCUT2D eigenvalue weighted by Crippen LogP contribution is 2.38. The number of fused-ring (bicyclic) bond motifs is 1. The molecule has 0 amide bonds. The number of benzene rings is 2. The Balaban J connectivity index is 1.25. The molecule has 0 unspecified atom stereocenters. The van der Waals surface area contributed by atoms with E-state index in [-0.39, 0.29) is 5.75 Å². The van der Waals surface area contributed by atoms with Gasteiger partial charge in [0.1, 0.15) is 5.82 Å². The summed E-state index contributed by atoms with van der Waals surface area (Å²) in [5.74, 6) is 3.31. The fourth-order valence-electron chi connectivity index (χ4n) is 4.90. The lowest BCUT2D eigenvalue weighted by molar-refractivity contribution is 0.315. The number of nitrogens with zero attached hydrogens (tertiary/aromatic N) is 3. The van der Waals surface area contributed by atoms with Gasteiger partial charge in [-0.25, -0.2) is 4.98 Å². The molecule has 1 heterocycles. The van der Waals surface area contributed by atoms with Crippen molar-refractivity contribution in [3.8, 4) is 17.2 Å². The molecule has 188 valence electrons. The Morgan fingerprint density at radius 1 is 1.00 bits per heavy atom. The van der Waals surface area contributed by atoms with Crippen molar-refractivity contribution in [2.45, 2.75) is 44.7 Å². The largest absolute Gasteiger partial charge is 0.502 e. The van der Waals surface area contributed by atoms with E-state index in [1.165, 1.54) is 20.0 Å². The molecule has 0 aliphatic heterocycles. The van der Waals surface area contributed by atoms with E-state index in [1.807, 2.05) is 43.3 Å². The third-order valence-electron chi connectivity index (χ3n) is 6.83. The average molecular weight is 480 g/mol. The van der Waals surface area contributed by atoms with Crippen molar-refractivity contribution in [1.29, 1.82) is 0 Å². The second-order valence-electron chi connectivity index (χ2n) is 9.42. The van der Waals surface area contributed by atoms with Crippen LogP contribution < -0.4 is 25.0 Å². The van der Waals surface area contributed by atoms with Gasteiger partial charge in [0.25, 0.3) is 0 Å². The van der Waals surface area contributed by atoms with Gasteiger partial charge in [-0.2, -0.15) is 4.98 Å². The van der Waals surface area contributed by atoms with E-state index >= 15 is 0 Å². The molecule has 0 saturated heterocycles. The van der Waals surface area contributed by atoms with E-state index in [9.17, 15) is 5.11 Å². The zero-order valence-electron chi connectivity index (χ0n) is 21.2. The molecule has 0 atom stereocenters. The zero-order chi connectivity index (χ0) is 24.8. The molecule has 1 aliphatic rings. The lowest BCUT2D eigenvalue weighted by atomic mass is 9.84. The predicted octanol–water partition coefficient (Wildman–Crippen LogP) is 4.57. The van der Waals surface area contributed by atoms with E-state index in [0.717, 1.165) is 48.1 Å². The number of anilines is 2. The van der Waals surface area contributed by atoms with Crippen molar-refractivity contribution in [3.63, 3.8) is 0 Å². The summed E-state index contributed by atoms with van der Waals surface area (Å²) < 4.78 is 10.5. The highest BCUT2D eigenvalue weighted by Gasteiger charge is 2.22. The zero-order valence-corrected chi connectivity index (χ0v) is 21.2. The molecular formula is C27H37N5O3. The van der Waals surface area contributed by atoms with Crippen LogP contribution in [-0.4, -0.2) is 56.0 Å². The number of para-hydroxylation sites is 1. The van der Waals surface area contributed by atoms with Crippen LogP contribution >= 0.6 is 0 Å². The summed E-state index contributed by atoms with van der Waals surface area (Å²) >= 11 is 0. The molecule has 3 N–H and O–H groups in total. The maximum atomic E-state index is 10.3. The molecule has 1 aliphatic carbocycles. The SMILES string of the molecule is COc1ccc(CNCCC2CCC(Nc3nc(N(C)C)c4ccccc4n3)CC2)c(OC)c1O. The van der Waals surface area contributed by atoms with Crippen molar-refractivity contribution in [2.75, 3.05) is 45.1 Å². The molecular weight excluding hydrogens is 442 g/mol. The minimum absolute atomic E-state index is 0.0493. The summed E-state index contributed by atoms with van der Waals surface area (Å²) in [7, 11) is 7.14. The second kappa shape index (κ2) is 11.4. The van der Waals surface area contributed by atoms with Gasteiger partial charge in [-0.1, -0.05) is 18.2 Å². The van der Waals surface area contributed by atoms with E-state index < -0.39 is 0 Å². The van der Waals surface area contributed by atoms with Crippen LogP contribution in [0, 0.1) is 5.92 Å². The van der Waals surface area contributed by atoms with Crippen LogP contribution in [0.1, 0.15) is 37.7 Å². The molecule has 35 heavy (non-hydrogen) atoms.